The van der Waals surface area contributed by atoms with Crippen LogP contribution < -0.4 is 0 Å². The molecular formula is C29H27F2N3O. The molecule has 0 aliphatic carbocycles. The number of halogens is 2. The first-order chi connectivity index (χ1) is 17.0. The van der Waals surface area contributed by atoms with E-state index in [4.69, 9.17) is 0 Å². The average molecular weight is 472 g/mol. The normalized spacial score (nSPS) is 15.1. The summed E-state index contributed by atoms with van der Waals surface area (Å²) >= 11 is 0. The van der Waals surface area contributed by atoms with Crippen LogP contribution in [-0.2, 0) is 6.42 Å². The van der Waals surface area contributed by atoms with E-state index >= 15 is 0 Å². The van der Waals surface area contributed by atoms with E-state index in [1.807, 2.05) is 42.5 Å². The van der Waals surface area contributed by atoms with Crippen LogP contribution in [0.25, 0.3) is 21.9 Å². The van der Waals surface area contributed by atoms with Gasteiger partial charge >= 0.3 is 0 Å². The Balaban J connectivity index is 1.36. The predicted molar refractivity (Wildman–Crippen MR) is 134 cm³/mol. The number of rotatable bonds is 6. The van der Waals surface area contributed by atoms with Crippen molar-refractivity contribution in [2.24, 2.45) is 0 Å². The number of aromatic nitrogens is 2. The van der Waals surface area contributed by atoms with E-state index in [0.29, 0.717) is 22.7 Å². The van der Waals surface area contributed by atoms with Crippen LogP contribution in [0.2, 0.25) is 0 Å². The van der Waals surface area contributed by atoms with Gasteiger partial charge in [-0.2, -0.15) is 0 Å². The molecule has 0 spiro atoms. The second kappa shape index (κ2) is 10.0. The lowest BCUT2D eigenvalue weighted by atomic mass is 9.88. The quantitative estimate of drug-likeness (QED) is 0.303. The van der Waals surface area contributed by atoms with Crippen LogP contribution in [0.1, 0.15) is 52.4 Å². The topological polar surface area (TPSA) is 46.1 Å². The number of nitrogens with zero attached hydrogens (tertiary/aromatic N) is 3. The van der Waals surface area contributed by atoms with E-state index in [9.17, 15) is 13.6 Å². The molecule has 1 saturated heterocycles. The first kappa shape index (κ1) is 23.2. The molecule has 0 bridgehead atoms. The molecule has 2 aromatic heterocycles. The Morgan fingerprint density at radius 2 is 1.80 bits per heavy atom. The molecule has 4 aromatic rings. The number of alkyl halides is 2. The fraction of sp³-hybridized carbons (Fsp3) is 0.276. The number of Topliss-reactive ketones (excluding diaryl/α,β-unsaturated/α-hetero) is 1. The molecule has 0 amide bonds. The average Bonchev–Trinajstić information content (AvgIpc) is 2.89. The molecule has 0 unspecified atom stereocenters. The van der Waals surface area contributed by atoms with Crippen LogP contribution in [0.4, 0.5) is 8.78 Å². The Hall–Kier alpha value is -3.51. The van der Waals surface area contributed by atoms with Crippen molar-refractivity contribution in [3.8, 4) is 11.1 Å². The lowest BCUT2D eigenvalue weighted by Crippen LogP contribution is -2.29. The summed E-state index contributed by atoms with van der Waals surface area (Å²) in [5, 5.41) is 1.83. The molecule has 178 valence electrons. The molecule has 0 radical (unpaired) electrons. The Morgan fingerprint density at radius 3 is 2.60 bits per heavy atom. The van der Waals surface area contributed by atoms with Gasteiger partial charge in [0.05, 0.1) is 6.42 Å². The maximum Gasteiger partial charge on any atom is 0.265 e. The SMILES string of the molecule is CN1CCC(c2cccc(C(=O)Cc3cc4cc(-c5cncc(C(F)F)c5)ccc4cn3)c2)CC1. The number of hydrogen-bond donors (Lipinski definition) is 0. The van der Waals surface area contributed by atoms with Gasteiger partial charge in [0.15, 0.2) is 5.78 Å². The van der Waals surface area contributed by atoms with E-state index in [1.54, 1.807) is 12.4 Å². The Bertz CT molecular complexity index is 1360. The highest BCUT2D eigenvalue weighted by molar-refractivity contribution is 5.98. The van der Waals surface area contributed by atoms with Crippen molar-refractivity contribution in [2.45, 2.75) is 31.6 Å². The lowest BCUT2D eigenvalue weighted by Gasteiger charge is -2.29. The third-order valence-corrected chi connectivity index (χ3v) is 6.86. The molecule has 35 heavy (non-hydrogen) atoms. The van der Waals surface area contributed by atoms with E-state index in [-0.39, 0.29) is 17.8 Å². The minimum atomic E-state index is -2.57. The van der Waals surface area contributed by atoms with Crippen LogP contribution in [0.3, 0.4) is 0 Å². The van der Waals surface area contributed by atoms with E-state index in [2.05, 4.69) is 28.0 Å². The van der Waals surface area contributed by atoms with Crippen molar-refractivity contribution >= 4 is 16.6 Å². The summed E-state index contributed by atoms with van der Waals surface area (Å²) in [6.45, 7) is 2.16. The summed E-state index contributed by atoms with van der Waals surface area (Å²) < 4.78 is 26.2. The van der Waals surface area contributed by atoms with Gasteiger partial charge in [-0.3, -0.25) is 14.8 Å². The molecule has 1 aliphatic rings. The summed E-state index contributed by atoms with van der Waals surface area (Å²) in [5.74, 6) is 0.533. The summed E-state index contributed by atoms with van der Waals surface area (Å²) in [4.78, 5) is 23.9. The summed E-state index contributed by atoms with van der Waals surface area (Å²) in [7, 11) is 2.15. The molecule has 2 aromatic carbocycles. The minimum Gasteiger partial charge on any atom is -0.306 e. The monoisotopic (exact) mass is 471 g/mol. The van der Waals surface area contributed by atoms with Crippen LogP contribution in [0.5, 0.6) is 0 Å². The smallest absolute Gasteiger partial charge is 0.265 e. The molecule has 1 aliphatic heterocycles. The maximum atomic E-state index is 13.1. The Morgan fingerprint density at radius 1 is 0.971 bits per heavy atom. The number of benzene rings is 2. The Kier molecular flexibility index (Phi) is 6.64. The van der Waals surface area contributed by atoms with Crippen molar-refractivity contribution in [2.75, 3.05) is 20.1 Å². The van der Waals surface area contributed by atoms with Crippen molar-refractivity contribution in [1.29, 1.82) is 0 Å². The molecular weight excluding hydrogens is 444 g/mol. The fourth-order valence-corrected chi connectivity index (χ4v) is 4.77. The van der Waals surface area contributed by atoms with Crippen molar-refractivity contribution in [3.63, 3.8) is 0 Å². The van der Waals surface area contributed by atoms with Gasteiger partial charge in [0.25, 0.3) is 6.43 Å². The van der Waals surface area contributed by atoms with Crippen LogP contribution in [0, 0.1) is 0 Å². The predicted octanol–water partition coefficient (Wildman–Crippen LogP) is 6.47. The molecule has 1 fully saturated rings. The molecule has 4 nitrogen and oxygen atoms in total. The van der Waals surface area contributed by atoms with Crippen molar-refractivity contribution in [1.82, 2.24) is 14.9 Å². The van der Waals surface area contributed by atoms with E-state index in [1.165, 1.54) is 17.8 Å². The minimum absolute atomic E-state index is 0.0385. The van der Waals surface area contributed by atoms with E-state index in [0.717, 1.165) is 42.3 Å². The highest BCUT2D eigenvalue weighted by atomic mass is 19.3. The van der Waals surface area contributed by atoms with Crippen LogP contribution >= 0.6 is 0 Å². The molecule has 6 heteroatoms. The van der Waals surface area contributed by atoms with Crippen molar-refractivity contribution < 1.29 is 13.6 Å². The van der Waals surface area contributed by atoms with Gasteiger partial charge in [-0.25, -0.2) is 8.78 Å². The zero-order chi connectivity index (χ0) is 24.4. The highest BCUT2D eigenvalue weighted by Gasteiger charge is 2.19. The largest absolute Gasteiger partial charge is 0.306 e. The number of fused-ring (bicyclic) bond motifs is 1. The maximum absolute atomic E-state index is 13.1. The van der Waals surface area contributed by atoms with Crippen LogP contribution in [0.15, 0.2) is 73.2 Å². The molecule has 0 atom stereocenters. The zero-order valence-electron chi connectivity index (χ0n) is 19.6. The summed E-state index contributed by atoms with van der Waals surface area (Å²) in [6.07, 6.45) is 4.38. The number of piperidine rings is 1. The van der Waals surface area contributed by atoms with Gasteiger partial charge in [-0.05, 0) is 79.7 Å². The second-order valence-electron chi connectivity index (χ2n) is 9.35. The molecule has 3 heterocycles. The van der Waals surface area contributed by atoms with E-state index < -0.39 is 6.43 Å². The summed E-state index contributed by atoms with van der Waals surface area (Å²) in [5.41, 5.74) is 3.95. The zero-order valence-corrected chi connectivity index (χ0v) is 19.6. The third kappa shape index (κ3) is 5.28. The van der Waals surface area contributed by atoms with Gasteiger partial charge in [0.1, 0.15) is 0 Å². The number of hydrogen-bond acceptors (Lipinski definition) is 4. The number of ketones is 1. The number of pyridine rings is 2. The molecule has 5 rings (SSSR count). The fourth-order valence-electron chi connectivity index (χ4n) is 4.77. The lowest BCUT2D eigenvalue weighted by molar-refractivity contribution is 0.0991. The molecule has 0 N–H and O–H groups in total. The van der Waals surface area contributed by atoms with Crippen LogP contribution in [-0.4, -0.2) is 40.8 Å². The van der Waals surface area contributed by atoms with Gasteiger partial charge in [-0.1, -0.05) is 30.3 Å². The summed E-state index contributed by atoms with van der Waals surface area (Å²) in [6, 6.07) is 17.1. The second-order valence-corrected chi connectivity index (χ2v) is 9.35. The third-order valence-electron chi connectivity index (χ3n) is 6.86. The Labute approximate surface area is 203 Å². The van der Waals surface area contributed by atoms with Gasteiger partial charge < -0.3 is 4.90 Å². The molecule has 0 saturated carbocycles. The first-order valence-corrected chi connectivity index (χ1v) is 11.9. The first-order valence-electron chi connectivity index (χ1n) is 11.9. The van der Waals surface area contributed by atoms with Gasteiger partial charge in [-0.15, -0.1) is 0 Å². The number of likely N-dealkylation sites (tertiary alicyclic amines) is 1. The number of carbonyl (C=O) groups is 1. The standard InChI is InChI=1S/C29H27F2N3O/c1-34-9-7-19(8-10-34)20-3-2-4-22(11-20)28(35)15-27-14-24-12-21(5-6-23(24)18-33-27)25-13-26(29(30)31)17-32-16-25/h2-6,11-14,16-19,29H,7-10,15H2,1H3. The van der Waals surface area contributed by atoms with Gasteiger partial charge in [0.2, 0.25) is 0 Å². The van der Waals surface area contributed by atoms with Crippen molar-refractivity contribution in [3.05, 3.63) is 95.6 Å². The van der Waals surface area contributed by atoms with Gasteiger partial charge in [0, 0.05) is 46.4 Å². The number of carbonyl (C=O) groups excluding carboxylic acids is 1. The highest BCUT2D eigenvalue weighted by Crippen LogP contribution is 2.29.